The lowest BCUT2D eigenvalue weighted by Crippen LogP contribution is -2.00. The molecule has 0 saturated heterocycles. The Morgan fingerprint density at radius 3 is 1.02 bits per heavy atom. The van der Waals surface area contributed by atoms with Gasteiger partial charge in [0.1, 0.15) is 0 Å². The van der Waals surface area contributed by atoms with E-state index >= 15 is 0 Å². The summed E-state index contributed by atoms with van der Waals surface area (Å²) in [6, 6.07) is 43.3. The maximum Gasteiger partial charge on any atom is 0.164 e. The standard InChI is InChI=1S/C33H21Br2N3.C2H6.C2H4/c34-29-18-25(22-10-4-1-5-11-22)16-27(20-29)32-36-31(24-14-8-3-9-15-24)37-33(38-32)28-17-26(19-30(35)21-28)23-12-6-2-7-13-23;2*1-2/h1-21H;1-2H3;1-2H2. The molecule has 1 heterocycles. The molecule has 5 heteroatoms. The summed E-state index contributed by atoms with van der Waals surface area (Å²) in [6.45, 7) is 10.0. The lowest BCUT2D eigenvalue weighted by molar-refractivity contribution is 1.07. The molecule has 0 bridgehead atoms. The molecule has 6 aromatic rings. The van der Waals surface area contributed by atoms with Gasteiger partial charge < -0.3 is 0 Å². The molecular formula is C37H31Br2N3. The molecule has 0 amide bonds. The molecule has 0 spiro atoms. The Hall–Kier alpha value is -4.19. The van der Waals surface area contributed by atoms with Gasteiger partial charge in [0.25, 0.3) is 0 Å². The zero-order valence-electron chi connectivity index (χ0n) is 23.6. The van der Waals surface area contributed by atoms with Gasteiger partial charge in [-0.25, -0.2) is 15.0 Å². The highest BCUT2D eigenvalue weighted by Crippen LogP contribution is 2.33. The second-order valence-electron chi connectivity index (χ2n) is 8.86. The van der Waals surface area contributed by atoms with Gasteiger partial charge in [-0.3, -0.25) is 0 Å². The largest absolute Gasteiger partial charge is 0.208 e. The predicted octanol–water partition coefficient (Wildman–Crippen LogP) is 11.6. The van der Waals surface area contributed by atoms with E-state index < -0.39 is 0 Å². The van der Waals surface area contributed by atoms with Crippen LogP contribution in [0, 0.1) is 0 Å². The van der Waals surface area contributed by atoms with Crippen LogP contribution in [0.5, 0.6) is 0 Å². The van der Waals surface area contributed by atoms with Crippen molar-refractivity contribution in [3.63, 3.8) is 0 Å². The zero-order chi connectivity index (χ0) is 29.9. The molecule has 0 N–H and O–H groups in total. The highest BCUT2D eigenvalue weighted by molar-refractivity contribution is 9.10. The van der Waals surface area contributed by atoms with Crippen molar-refractivity contribution in [2.45, 2.75) is 13.8 Å². The fourth-order valence-corrected chi connectivity index (χ4v) is 5.37. The smallest absolute Gasteiger partial charge is 0.164 e. The molecule has 0 radical (unpaired) electrons. The molecule has 1 aromatic heterocycles. The molecule has 0 unspecified atom stereocenters. The van der Waals surface area contributed by atoms with Crippen LogP contribution in [0.15, 0.2) is 149 Å². The summed E-state index contributed by atoms with van der Waals surface area (Å²) in [5.41, 5.74) is 7.21. The highest BCUT2D eigenvalue weighted by atomic mass is 79.9. The van der Waals surface area contributed by atoms with Gasteiger partial charge in [-0.1, -0.05) is 137 Å². The number of halogens is 2. The normalized spacial score (nSPS) is 10.1. The van der Waals surface area contributed by atoms with Gasteiger partial charge in [-0.15, -0.1) is 13.2 Å². The van der Waals surface area contributed by atoms with E-state index in [1.54, 1.807) is 0 Å². The van der Waals surface area contributed by atoms with Crippen molar-refractivity contribution < 1.29 is 0 Å². The minimum absolute atomic E-state index is 0.619. The summed E-state index contributed by atoms with van der Waals surface area (Å²) in [4.78, 5) is 14.8. The average Bonchev–Trinajstić information content (AvgIpc) is 3.07. The van der Waals surface area contributed by atoms with Crippen molar-refractivity contribution in [3.8, 4) is 56.4 Å². The fourth-order valence-electron chi connectivity index (χ4n) is 4.38. The first kappa shape index (κ1) is 30.8. The Morgan fingerprint density at radius 2 is 0.667 bits per heavy atom. The molecule has 0 aliphatic heterocycles. The third-order valence-corrected chi connectivity index (χ3v) is 7.11. The lowest BCUT2D eigenvalue weighted by Gasteiger charge is -2.12. The first-order valence-electron chi connectivity index (χ1n) is 13.7. The first-order chi connectivity index (χ1) is 20.6. The lowest BCUT2D eigenvalue weighted by atomic mass is 10.0. The summed E-state index contributed by atoms with van der Waals surface area (Å²) in [6.07, 6.45) is 0. The van der Waals surface area contributed by atoms with Crippen LogP contribution < -0.4 is 0 Å². The summed E-state index contributed by atoms with van der Waals surface area (Å²) in [5, 5.41) is 0. The molecule has 0 fully saturated rings. The van der Waals surface area contributed by atoms with Crippen LogP contribution in [-0.4, -0.2) is 15.0 Å². The maximum absolute atomic E-state index is 4.99. The second kappa shape index (κ2) is 15.2. The molecule has 0 saturated carbocycles. The van der Waals surface area contributed by atoms with Crippen LogP contribution in [-0.2, 0) is 0 Å². The molecule has 3 nitrogen and oxygen atoms in total. The number of hydrogen-bond acceptors (Lipinski definition) is 3. The Bertz CT molecular complexity index is 1630. The number of hydrogen-bond donors (Lipinski definition) is 0. The number of rotatable bonds is 5. The molecule has 0 aliphatic rings. The average molecular weight is 677 g/mol. The van der Waals surface area contributed by atoms with Gasteiger partial charge in [0.2, 0.25) is 0 Å². The van der Waals surface area contributed by atoms with Gasteiger partial charge in [0.05, 0.1) is 0 Å². The zero-order valence-corrected chi connectivity index (χ0v) is 26.8. The fraction of sp³-hybridized carbons (Fsp3) is 0.0541. The summed E-state index contributed by atoms with van der Waals surface area (Å²) < 4.78 is 1.93. The molecule has 0 aliphatic carbocycles. The van der Waals surface area contributed by atoms with Crippen LogP contribution in [0.2, 0.25) is 0 Å². The van der Waals surface area contributed by atoms with Crippen LogP contribution in [0.25, 0.3) is 56.4 Å². The van der Waals surface area contributed by atoms with Crippen LogP contribution in [0.1, 0.15) is 13.8 Å². The SMILES string of the molecule is Brc1cc(-c2ccccc2)cc(-c2nc(-c3ccccc3)nc(-c3cc(Br)cc(-c4ccccc4)c3)n2)c1.C=C.CC. The van der Waals surface area contributed by atoms with E-state index in [9.17, 15) is 0 Å². The minimum Gasteiger partial charge on any atom is -0.208 e. The van der Waals surface area contributed by atoms with E-state index in [0.717, 1.165) is 47.9 Å². The number of benzene rings is 5. The van der Waals surface area contributed by atoms with E-state index in [0.29, 0.717) is 17.5 Å². The van der Waals surface area contributed by atoms with E-state index in [4.69, 9.17) is 15.0 Å². The van der Waals surface area contributed by atoms with Crippen molar-refractivity contribution in [3.05, 3.63) is 149 Å². The summed E-state index contributed by atoms with van der Waals surface area (Å²) in [7, 11) is 0. The van der Waals surface area contributed by atoms with E-state index in [2.05, 4.69) is 106 Å². The van der Waals surface area contributed by atoms with Crippen LogP contribution in [0.4, 0.5) is 0 Å². The van der Waals surface area contributed by atoms with E-state index in [-0.39, 0.29) is 0 Å². The van der Waals surface area contributed by atoms with E-state index in [1.807, 2.05) is 80.6 Å². The number of aromatic nitrogens is 3. The van der Waals surface area contributed by atoms with Crippen molar-refractivity contribution >= 4 is 31.9 Å². The van der Waals surface area contributed by atoms with Gasteiger partial charge >= 0.3 is 0 Å². The topological polar surface area (TPSA) is 38.7 Å². The molecule has 42 heavy (non-hydrogen) atoms. The van der Waals surface area contributed by atoms with Crippen molar-refractivity contribution in [1.29, 1.82) is 0 Å². The maximum atomic E-state index is 4.99. The molecule has 208 valence electrons. The molecule has 6 rings (SSSR count). The summed E-state index contributed by atoms with van der Waals surface area (Å²) >= 11 is 7.40. The Kier molecular flexibility index (Phi) is 11.1. The van der Waals surface area contributed by atoms with Gasteiger partial charge in [-0.05, 0) is 58.7 Å². The Labute approximate surface area is 265 Å². The monoisotopic (exact) mass is 675 g/mol. The third kappa shape index (κ3) is 7.55. The van der Waals surface area contributed by atoms with Crippen LogP contribution in [0.3, 0.4) is 0 Å². The van der Waals surface area contributed by atoms with E-state index in [1.165, 1.54) is 0 Å². The summed E-state index contributed by atoms with van der Waals surface area (Å²) in [5.74, 6) is 1.87. The molecule has 5 aromatic carbocycles. The van der Waals surface area contributed by atoms with Crippen molar-refractivity contribution in [1.82, 2.24) is 15.0 Å². The quantitative estimate of drug-likeness (QED) is 0.171. The Balaban J connectivity index is 0.000000972. The molecular weight excluding hydrogens is 646 g/mol. The van der Waals surface area contributed by atoms with Gasteiger partial charge in [0, 0.05) is 25.6 Å². The second-order valence-corrected chi connectivity index (χ2v) is 10.7. The predicted molar refractivity (Wildman–Crippen MR) is 185 cm³/mol. The minimum atomic E-state index is 0.619. The van der Waals surface area contributed by atoms with Crippen molar-refractivity contribution in [2.75, 3.05) is 0 Å². The highest BCUT2D eigenvalue weighted by Gasteiger charge is 2.15. The van der Waals surface area contributed by atoms with Gasteiger partial charge in [0.15, 0.2) is 17.5 Å². The van der Waals surface area contributed by atoms with Crippen LogP contribution >= 0.6 is 31.9 Å². The third-order valence-electron chi connectivity index (χ3n) is 6.19. The Morgan fingerprint density at radius 1 is 0.381 bits per heavy atom. The van der Waals surface area contributed by atoms with Gasteiger partial charge in [-0.2, -0.15) is 0 Å². The molecule has 0 atom stereocenters. The first-order valence-corrected chi connectivity index (χ1v) is 15.3. The number of nitrogens with zero attached hydrogens (tertiary/aromatic N) is 3. The van der Waals surface area contributed by atoms with Crippen molar-refractivity contribution in [2.24, 2.45) is 0 Å².